The van der Waals surface area contributed by atoms with Crippen LogP contribution in [0, 0.1) is 0 Å². The quantitative estimate of drug-likeness (QED) is 0.905. The Morgan fingerprint density at radius 2 is 1.87 bits per heavy atom. The Balaban J connectivity index is 2.37. The predicted molar refractivity (Wildman–Crippen MR) is 63.1 cm³/mol. The Labute approximate surface area is 96.5 Å². The largest absolute Gasteiger partial charge is 0.324 e. The first-order valence-corrected chi connectivity index (χ1v) is 5.36. The summed E-state index contributed by atoms with van der Waals surface area (Å²) in [6.07, 6.45) is 3.58. The van der Waals surface area contributed by atoms with Gasteiger partial charge in [0.05, 0.1) is 6.54 Å². The summed E-state index contributed by atoms with van der Waals surface area (Å²) < 4.78 is 1.04. The lowest BCUT2D eigenvalue weighted by Crippen LogP contribution is -2.02. The number of hydrogen-bond donors (Lipinski definition) is 1. The van der Waals surface area contributed by atoms with Crippen LogP contribution < -0.4 is 5.73 Å². The molecular formula is C11H10BrN3. The molecule has 0 saturated carbocycles. The van der Waals surface area contributed by atoms with Gasteiger partial charge in [0.15, 0.2) is 0 Å². The maximum atomic E-state index is 5.43. The van der Waals surface area contributed by atoms with Crippen molar-refractivity contribution in [1.82, 2.24) is 9.97 Å². The highest BCUT2D eigenvalue weighted by Gasteiger charge is 1.99. The molecule has 4 heteroatoms. The molecule has 1 aromatic carbocycles. The third kappa shape index (κ3) is 2.40. The van der Waals surface area contributed by atoms with Crippen molar-refractivity contribution in [3.8, 4) is 11.1 Å². The lowest BCUT2D eigenvalue weighted by Gasteiger charge is -2.02. The van der Waals surface area contributed by atoms with E-state index in [1.54, 1.807) is 12.4 Å². The van der Waals surface area contributed by atoms with Gasteiger partial charge in [-0.15, -0.1) is 0 Å². The highest BCUT2D eigenvalue weighted by Crippen LogP contribution is 2.21. The first-order valence-electron chi connectivity index (χ1n) is 4.56. The number of nitrogens with zero attached hydrogens (tertiary/aromatic N) is 2. The second-order valence-corrected chi connectivity index (χ2v) is 4.02. The number of nitrogens with two attached hydrogens (primary N) is 1. The maximum Gasteiger partial charge on any atom is 0.141 e. The molecule has 0 atom stereocenters. The zero-order valence-corrected chi connectivity index (χ0v) is 9.61. The van der Waals surface area contributed by atoms with E-state index in [1.165, 1.54) is 0 Å². The van der Waals surface area contributed by atoms with E-state index in [0.29, 0.717) is 12.4 Å². The molecule has 15 heavy (non-hydrogen) atoms. The van der Waals surface area contributed by atoms with Crippen LogP contribution in [0.25, 0.3) is 11.1 Å². The predicted octanol–water partition coefficient (Wildman–Crippen LogP) is 2.36. The van der Waals surface area contributed by atoms with Gasteiger partial charge in [-0.2, -0.15) is 0 Å². The van der Waals surface area contributed by atoms with Crippen LogP contribution in [0.1, 0.15) is 5.82 Å². The van der Waals surface area contributed by atoms with Gasteiger partial charge in [0.1, 0.15) is 5.82 Å². The molecule has 0 amide bonds. The number of halogens is 1. The molecule has 2 aromatic rings. The van der Waals surface area contributed by atoms with Crippen LogP contribution in [0.4, 0.5) is 0 Å². The first-order chi connectivity index (χ1) is 7.29. The van der Waals surface area contributed by atoms with Crippen molar-refractivity contribution in [2.45, 2.75) is 6.54 Å². The lowest BCUT2D eigenvalue weighted by molar-refractivity contribution is 0.910. The Kier molecular flexibility index (Phi) is 3.08. The molecule has 0 fully saturated rings. The third-order valence-corrected chi connectivity index (χ3v) is 2.54. The Bertz CT molecular complexity index is 454. The van der Waals surface area contributed by atoms with Gasteiger partial charge >= 0.3 is 0 Å². The van der Waals surface area contributed by atoms with E-state index in [9.17, 15) is 0 Å². The van der Waals surface area contributed by atoms with Gasteiger partial charge in [0.25, 0.3) is 0 Å². The standard InChI is InChI=1S/C11H10BrN3/c12-10-3-1-2-8(4-10)9-6-14-11(5-13)15-7-9/h1-4,6-7H,5,13H2. The van der Waals surface area contributed by atoms with Crippen LogP contribution in [0.5, 0.6) is 0 Å². The molecule has 0 spiro atoms. The summed E-state index contributed by atoms with van der Waals surface area (Å²) in [5.41, 5.74) is 7.51. The van der Waals surface area contributed by atoms with Crippen molar-refractivity contribution in [2.75, 3.05) is 0 Å². The van der Waals surface area contributed by atoms with Crippen LogP contribution in [0.2, 0.25) is 0 Å². The van der Waals surface area contributed by atoms with Crippen molar-refractivity contribution in [3.05, 3.63) is 47.0 Å². The lowest BCUT2D eigenvalue weighted by atomic mass is 10.1. The van der Waals surface area contributed by atoms with Gasteiger partial charge in [-0.05, 0) is 17.7 Å². The molecule has 0 aliphatic heterocycles. The highest BCUT2D eigenvalue weighted by atomic mass is 79.9. The minimum atomic E-state index is 0.374. The van der Waals surface area contributed by atoms with Gasteiger partial charge in [-0.25, -0.2) is 9.97 Å². The summed E-state index contributed by atoms with van der Waals surface area (Å²) in [6.45, 7) is 0.374. The van der Waals surface area contributed by atoms with Gasteiger partial charge in [0.2, 0.25) is 0 Å². The average Bonchev–Trinajstić information content (AvgIpc) is 2.29. The smallest absolute Gasteiger partial charge is 0.141 e. The van der Waals surface area contributed by atoms with E-state index in [0.717, 1.165) is 15.6 Å². The summed E-state index contributed by atoms with van der Waals surface area (Å²) in [7, 11) is 0. The SMILES string of the molecule is NCc1ncc(-c2cccc(Br)c2)cn1. The van der Waals surface area contributed by atoms with E-state index >= 15 is 0 Å². The molecular weight excluding hydrogens is 254 g/mol. The van der Waals surface area contributed by atoms with Crippen molar-refractivity contribution in [1.29, 1.82) is 0 Å². The van der Waals surface area contributed by atoms with Gasteiger partial charge in [0, 0.05) is 22.4 Å². The fourth-order valence-corrected chi connectivity index (χ4v) is 1.68. The second-order valence-electron chi connectivity index (χ2n) is 3.10. The molecule has 76 valence electrons. The van der Waals surface area contributed by atoms with Gasteiger partial charge in [-0.3, -0.25) is 0 Å². The van der Waals surface area contributed by atoms with Crippen molar-refractivity contribution in [3.63, 3.8) is 0 Å². The van der Waals surface area contributed by atoms with Crippen LogP contribution in [0.3, 0.4) is 0 Å². The van der Waals surface area contributed by atoms with Crippen LogP contribution in [0.15, 0.2) is 41.1 Å². The van der Waals surface area contributed by atoms with Gasteiger partial charge < -0.3 is 5.73 Å². The molecule has 2 N–H and O–H groups in total. The van der Waals surface area contributed by atoms with E-state index in [4.69, 9.17) is 5.73 Å². The van der Waals surface area contributed by atoms with Crippen molar-refractivity contribution < 1.29 is 0 Å². The molecule has 1 heterocycles. The monoisotopic (exact) mass is 263 g/mol. The molecule has 3 nitrogen and oxygen atoms in total. The number of aromatic nitrogens is 2. The fraction of sp³-hybridized carbons (Fsp3) is 0.0909. The van der Waals surface area contributed by atoms with Crippen LogP contribution >= 0.6 is 15.9 Å². The minimum absolute atomic E-state index is 0.374. The molecule has 0 radical (unpaired) electrons. The Morgan fingerprint density at radius 3 is 2.47 bits per heavy atom. The van der Waals surface area contributed by atoms with E-state index in [-0.39, 0.29) is 0 Å². The number of benzene rings is 1. The minimum Gasteiger partial charge on any atom is -0.324 e. The summed E-state index contributed by atoms with van der Waals surface area (Å²) in [5, 5.41) is 0. The normalized spacial score (nSPS) is 10.3. The summed E-state index contributed by atoms with van der Waals surface area (Å²) in [5.74, 6) is 0.661. The molecule has 2 rings (SSSR count). The summed E-state index contributed by atoms with van der Waals surface area (Å²) in [6, 6.07) is 8.02. The zero-order valence-electron chi connectivity index (χ0n) is 8.02. The fourth-order valence-electron chi connectivity index (χ4n) is 1.28. The summed E-state index contributed by atoms with van der Waals surface area (Å²) >= 11 is 3.43. The molecule has 0 saturated heterocycles. The third-order valence-electron chi connectivity index (χ3n) is 2.05. The second kappa shape index (κ2) is 4.51. The van der Waals surface area contributed by atoms with Crippen molar-refractivity contribution >= 4 is 15.9 Å². The van der Waals surface area contributed by atoms with E-state index < -0.39 is 0 Å². The number of rotatable bonds is 2. The maximum absolute atomic E-state index is 5.43. The molecule has 0 unspecified atom stereocenters. The van der Waals surface area contributed by atoms with Crippen LogP contribution in [-0.4, -0.2) is 9.97 Å². The van der Waals surface area contributed by atoms with Crippen LogP contribution in [-0.2, 0) is 6.54 Å². The Morgan fingerprint density at radius 1 is 1.13 bits per heavy atom. The molecule has 0 bridgehead atoms. The van der Waals surface area contributed by atoms with Gasteiger partial charge in [-0.1, -0.05) is 28.1 Å². The van der Waals surface area contributed by atoms with E-state index in [2.05, 4.69) is 25.9 Å². The first kappa shape index (κ1) is 10.3. The molecule has 0 aliphatic rings. The number of hydrogen-bond acceptors (Lipinski definition) is 3. The average molecular weight is 264 g/mol. The van der Waals surface area contributed by atoms with Crippen molar-refractivity contribution in [2.24, 2.45) is 5.73 Å². The highest BCUT2D eigenvalue weighted by molar-refractivity contribution is 9.10. The molecule has 0 aliphatic carbocycles. The zero-order chi connectivity index (χ0) is 10.7. The topological polar surface area (TPSA) is 51.8 Å². The summed E-state index contributed by atoms with van der Waals surface area (Å²) in [4.78, 5) is 8.30. The van der Waals surface area contributed by atoms with E-state index in [1.807, 2.05) is 24.3 Å². The molecule has 1 aromatic heterocycles. The Hall–Kier alpha value is -1.26.